The van der Waals surface area contributed by atoms with Gasteiger partial charge in [-0.1, -0.05) is 147 Å². The number of alkyl carbamates (subject to hydrolysis) is 2. The number of ether oxygens (including phenoxy) is 14. The lowest BCUT2D eigenvalue weighted by Crippen LogP contribution is -2.71. The number of aliphatic hydroxyl groups excluding tert-OH is 1. The van der Waals surface area contributed by atoms with Gasteiger partial charge in [0, 0.05) is 40.8 Å². The number of hydrogen-bond acceptors (Lipinski definition) is 22. The van der Waals surface area contributed by atoms with E-state index in [9.17, 15) is 33.9 Å². The van der Waals surface area contributed by atoms with Crippen molar-refractivity contribution in [3.05, 3.63) is 108 Å². The molecule has 3 aromatic carbocycles. The highest BCUT2D eigenvalue weighted by atomic mass is 35.6. The minimum absolute atomic E-state index is 0.0379. The largest absolute Gasteiger partial charge is 0.456 e. The molecule has 3 heterocycles. The Morgan fingerprint density at radius 2 is 1.03 bits per heavy atom. The van der Waals surface area contributed by atoms with Gasteiger partial charge in [0.05, 0.1) is 32.5 Å². The summed E-state index contributed by atoms with van der Waals surface area (Å²) in [5, 5.41) is 16.3. The van der Waals surface area contributed by atoms with Gasteiger partial charge in [0.15, 0.2) is 51.6 Å². The zero-order chi connectivity index (χ0) is 65.8. The van der Waals surface area contributed by atoms with Crippen LogP contribution >= 0.6 is 34.8 Å². The van der Waals surface area contributed by atoms with Crippen molar-refractivity contribution in [1.82, 2.24) is 10.6 Å². The zero-order valence-corrected chi connectivity index (χ0v) is 55.5. The number of nitrogens with one attached hydrogen (secondary N) is 2. The molecule has 0 spiro atoms. The molecule has 15 atom stereocenters. The maximum absolute atomic E-state index is 14.3. The number of benzene rings is 3. The fourth-order valence-corrected chi connectivity index (χ4v) is 11.0. The van der Waals surface area contributed by atoms with Crippen LogP contribution in [-0.4, -0.2) is 178 Å². The maximum atomic E-state index is 14.3. The Bertz CT molecular complexity index is 2730. The molecule has 2 amide bonds. The second kappa shape index (κ2) is 35.2. The maximum Gasteiger partial charge on any atom is 0.407 e. The highest BCUT2D eigenvalue weighted by molar-refractivity contribution is 6.74. The van der Waals surface area contributed by atoms with E-state index in [-0.39, 0.29) is 44.6 Å². The number of aliphatic hydroxyl groups is 1. The number of esters is 4. The summed E-state index contributed by atoms with van der Waals surface area (Å²) in [7, 11) is -2.77. The minimum atomic E-state index is -2.77. The lowest BCUT2D eigenvalue weighted by molar-refractivity contribution is -0.377. The van der Waals surface area contributed by atoms with Crippen LogP contribution < -0.4 is 10.6 Å². The van der Waals surface area contributed by atoms with E-state index >= 15 is 0 Å². The summed E-state index contributed by atoms with van der Waals surface area (Å²) in [5.74, 6) is -3.20. The summed E-state index contributed by atoms with van der Waals surface area (Å²) in [6, 6.07) is 25.6. The number of carbonyl (C=O) groups is 6. The van der Waals surface area contributed by atoms with Crippen molar-refractivity contribution in [2.75, 3.05) is 33.0 Å². The van der Waals surface area contributed by atoms with E-state index in [4.69, 9.17) is 106 Å². The summed E-state index contributed by atoms with van der Waals surface area (Å²) in [6.45, 7) is 14.6. The van der Waals surface area contributed by atoms with Crippen molar-refractivity contribution in [1.29, 1.82) is 0 Å². The van der Waals surface area contributed by atoms with E-state index in [1.165, 1.54) is 6.92 Å². The van der Waals surface area contributed by atoms with Crippen molar-refractivity contribution < 1.29 is 105 Å². The number of halogens is 3. The molecule has 500 valence electrons. The second-order valence-electron chi connectivity index (χ2n) is 23.4. The molecular weight excluding hydrogens is 1260 g/mol. The van der Waals surface area contributed by atoms with Gasteiger partial charge in [0.1, 0.15) is 55.9 Å². The average Bonchev–Trinajstić information content (AvgIpc) is 0.774. The third kappa shape index (κ3) is 23.1. The summed E-state index contributed by atoms with van der Waals surface area (Å²) in [5.41, 5.74) is 2.20. The van der Waals surface area contributed by atoms with Crippen molar-refractivity contribution in [3.63, 3.8) is 0 Å². The second-order valence-corrected chi connectivity index (χ2v) is 30.7. The topological polar surface area (TPSA) is 285 Å². The van der Waals surface area contributed by atoms with Gasteiger partial charge >= 0.3 is 36.1 Å². The van der Waals surface area contributed by atoms with Crippen molar-refractivity contribution in [3.8, 4) is 0 Å². The van der Waals surface area contributed by atoms with Gasteiger partial charge in [-0.3, -0.25) is 19.2 Å². The quantitative estimate of drug-likeness (QED) is 0.0193. The summed E-state index contributed by atoms with van der Waals surface area (Å²) in [4.78, 5) is 79.3. The lowest BCUT2D eigenvalue weighted by atomic mass is 9.94. The van der Waals surface area contributed by atoms with Crippen molar-refractivity contribution in [2.24, 2.45) is 0 Å². The molecule has 3 aromatic rings. The van der Waals surface area contributed by atoms with Crippen LogP contribution in [0.3, 0.4) is 0 Å². The van der Waals surface area contributed by atoms with Gasteiger partial charge in [-0.25, -0.2) is 9.59 Å². The number of carbonyl (C=O) groups excluding carboxylic acids is 6. The first kappa shape index (κ1) is 73.8. The molecular formula is C62H85Cl3N2O22Si. The molecule has 3 fully saturated rings. The molecule has 0 bridgehead atoms. The fraction of sp³-hybridized carbons (Fsp3) is 0.613. The van der Waals surface area contributed by atoms with Crippen LogP contribution in [0.25, 0.3) is 0 Å². The van der Waals surface area contributed by atoms with Gasteiger partial charge in [-0.2, -0.15) is 0 Å². The lowest BCUT2D eigenvalue weighted by Gasteiger charge is -2.52. The van der Waals surface area contributed by atoms with Gasteiger partial charge in [-0.15, -0.1) is 0 Å². The molecule has 0 unspecified atom stereocenters. The number of hydrogen-bond donors (Lipinski definition) is 3. The SMILES string of the molecule is CC(=O)O[C@H]1[C@@H](OCc2ccccc2)[C@@H](CO)O[C@@H](O[C@H]2[C@H](O[C@@H]3O[C@@H](C)[C@@H](OC(C)=O)[C@@H](OC(C)=O)[C@@H]3OCc3ccccc3)[C@@H](NC(=O)OCC(Cl)(Cl)Cl)[C@H](OCCCCCNC(=O)OCc3ccccc3)O[C@@H]2CO[Si](C)(C)C(C)(C)C)[C@@H]1OC(C)=O. The average molecular weight is 1340 g/mol. The minimum Gasteiger partial charge on any atom is -0.456 e. The summed E-state index contributed by atoms with van der Waals surface area (Å²) >= 11 is 18.3. The Morgan fingerprint density at radius 1 is 0.544 bits per heavy atom. The monoisotopic (exact) mass is 1340 g/mol. The van der Waals surface area contributed by atoms with Crippen LogP contribution in [0.1, 0.15) is 91.3 Å². The normalized spacial score (nSPS) is 27.1. The predicted molar refractivity (Wildman–Crippen MR) is 327 cm³/mol. The summed E-state index contributed by atoms with van der Waals surface area (Å²) in [6.07, 6.45) is -21.1. The highest BCUT2D eigenvalue weighted by Crippen LogP contribution is 2.41. The Hall–Kier alpha value is -5.23. The van der Waals surface area contributed by atoms with Gasteiger partial charge < -0.3 is 86.5 Å². The molecule has 3 saturated heterocycles. The standard InChI is InChI=1S/C62H85Cl3N2O22Si/c1-37-48(82-38(2)69)52(83-39(3)70)54(77-33-43-25-17-12-18-26-43)57(81-37)89-51-47(67-60(74)79-36-62(63,64)65)56(75-30-22-14-21-29-66-59(73)78-34-44-27-19-13-20-28-44)87-46(35-80-90(9,10)61(6,7)8)50(51)88-58-55(85-41(5)72)53(84-40(4)71)49(45(31-68)86-58)76-32-42-23-15-11-16-24-42/h11-13,15-20,23-28,37,45-58,68H,14,21-22,29-36H2,1-10H3,(H,66,73)(H,67,74)/t37-,45+,46+,47+,48+,49-,50+,51+,52+,53-,54-,55+,56+,57-,58-/m0/s1. The molecule has 3 aliphatic rings. The van der Waals surface area contributed by atoms with E-state index in [0.717, 1.165) is 26.3 Å². The Kier molecular flexibility index (Phi) is 28.8. The third-order valence-corrected chi connectivity index (χ3v) is 20.0. The van der Waals surface area contributed by atoms with Crippen LogP contribution in [0, 0.1) is 0 Å². The van der Waals surface area contributed by atoms with Crippen LogP contribution in [-0.2, 0) is 110 Å². The smallest absolute Gasteiger partial charge is 0.407 e. The molecule has 0 saturated carbocycles. The molecule has 28 heteroatoms. The van der Waals surface area contributed by atoms with Gasteiger partial charge in [-0.05, 0) is 61.0 Å². The Morgan fingerprint density at radius 3 is 1.57 bits per heavy atom. The molecule has 6 rings (SSSR count). The van der Waals surface area contributed by atoms with Crippen LogP contribution in [0.5, 0.6) is 0 Å². The molecule has 0 aromatic heterocycles. The van der Waals surface area contributed by atoms with Crippen LogP contribution in [0.2, 0.25) is 18.1 Å². The van der Waals surface area contributed by atoms with E-state index < -0.39 is 153 Å². The van der Waals surface area contributed by atoms with Crippen molar-refractivity contribution in [2.45, 2.75) is 208 Å². The number of amides is 2. The first-order chi connectivity index (χ1) is 42.6. The van der Waals surface area contributed by atoms with Crippen molar-refractivity contribution >= 4 is 79.2 Å². The molecule has 3 N–H and O–H groups in total. The third-order valence-electron chi connectivity index (χ3n) is 15.2. The Balaban J connectivity index is 1.48. The van der Waals surface area contributed by atoms with Crippen LogP contribution in [0.15, 0.2) is 91.0 Å². The van der Waals surface area contributed by atoms with Gasteiger partial charge in [0.2, 0.25) is 3.79 Å². The van der Waals surface area contributed by atoms with E-state index in [1.807, 2.05) is 70.3 Å². The van der Waals surface area contributed by atoms with E-state index in [2.05, 4.69) is 10.6 Å². The molecule has 24 nitrogen and oxygen atoms in total. The summed E-state index contributed by atoms with van der Waals surface area (Å²) < 4.78 is 93.3. The van der Waals surface area contributed by atoms with E-state index in [0.29, 0.717) is 30.4 Å². The molecule has 0 radical (unpaired) electrons. The number of alkyl halides is 3. The van der Waals surface area contributed by atoms with Crippen LogP contribution in [0.4, 0.5) is 9.59 Å². The molecule has 0 aliphatic carbocycles. The zero-order valence-electron chi connectivity index (χ0n) is 52.3. The fourth-order valence-electron chi connectivity index (χ4n) is 9.82. The molecule has 3 aliphatic heterocycles. The highest BCUT2D eigenvalue weighted by Gasteiger charge is 2.59. The first-order valence-electron chi connectivity index (χ1n) is 29.7. The van der Waals surface area contributed by atoms with E-state index in [1.54, 1.807) is 61.5 Å². The number of unbranched alkanes of at least 4 members (excludes halogenated alkanes) is 2. The van der Waals surface area contributed by atoms with Gasteiger partial charge in [0.25, 0.3) is 0 Å². The predicted octanol–water partition coefficient (Wildman–Crippen LogP) is 8.44. The molecule has 90 heavy (non-hydrogen) atoms. The number of rotatable bonds is 29. The first-order valence-corrected chi connectivity index (χ1v) is 33.8. The Labute approximate surface area is 541 Å².